The summed E-state index contributed by atoms with van der Waals surface area (Å²) < 4.78 is 0. The average molecular weight is 322 g/mol. The minimum absolute atomic E-state index is 0. The molecule has 3 rings (SSSR count). The van der Waals surface area contributed by atoms with Crippen molar-refractivity contribution in [3.8, 4) is 0 Å². The van der Waals surface area contributed by atoms with Crippen molar-refractivity contribution in [3.05, 3.63) is 30.5 Å². The van der Waals surface area contributed by atoms with Crippen LogP contribution in [0.3, 0.4) is 0 Å². The Hall–Kier alpha value is -1.52. The summed E-state index contributed by atoms with van der Waals surface area (Å²) in [5.41, 5.74) is 1.97. The van der Waals surface area contributed by atoms with Gasteiger partial charge in [-0.2, -0.15) is 0 Å². The van der Waals surface area contributed by atoms with E-state index in [4.69, 9.17) is 0 Å². The van der Waals surface area contributed by atoms with Gasteiger partial charge >= 0.3 is 0 Å². The monoisotopic (exact) mass is 321 g/mol. The van der Waals surface area contributed by atoms with E-state index in [9.17, 15) is 4.79 Å². The van der Waals surface area contributed by atoms with E-state index in [1.54, 1.807) is 0 Å². The Kier molecular flexibility index (Phi) is 5.86. The third-order valence-electron chi connectivity index (χ3n) is 4.53. The van der Waals surface area contributed by atoms with Gasteiger partial charge < -0.3 is 15.6 Å². The largest absolute Gasteiger partial charge is 0.361 e. The molecule has 1 aromatic heterocycles. The van der Waals surface area contributed by atoms with Crippen LogP contribution in [0.25, 0.3) is 10.9 Å². The molecule has 0 bridgehead atoms. The number of anilines is 1. The van der Waals surface area contributed by atoms with E-state index < -0.39 is 0 Å². The highest BCUT2D eigenvalue weighted by atomic mass is 35.5. The molecule has 1 fully saturated rings. The fraction of sp³-hybridized carbons (Fsp3) is 0.471. The zero-order valence-electron chi connectivity index (χ0n) is 12.9. The number of nitrogens with one attached hydrogen (secondary N) is 3. The predicted molar refractivity (Wildman–Crippen MR) is 93.6 cm³/mol. The van der Waals surface area contributed by atoms with Crippen molar-refractivity contribution in [1.29, 1.82) is 0 Å². The number of carbonyl (C=O) groups is 1. The first-order valence-electron chi connectivity index (χ1n) is 7.80. The molecular weight excluding hydrogens is 298 g/mol. The van der Waals surface area contributed by atoms with Crippen molar-refractivity contribution in [1.82, 2.24) is 10.3 Å². The van der Waals surface area contributed by atoms with Crippen LogP contribution in [0.1, 0.15) is 26.2 Å². The van der Waals surface area contributed by atoms with Crippen LogP contribution in [0.5, 0.6) is 0 Å². The fourth-order valence-corrected chi connectivity index (χ4v) is 3.22. The lowest BCUT2D eigenvalue weighted by molar-refractivity contribution is -0.117. The molecule has 22 heavy (non-hydrogen) atoms. The normalized spacial score (nSPS) is 17.0. The maximum Gasteiger partial charge on any atom is 0.224 e. The molecule has 0 saturated carbocycles. The van der Waals surface area contributed by atoms with Crippen LogP contribution in [0, 0.1) is 11.8 Å². The second-order valence-corrected chi connectivity index (χ2v) is 6.10. The van der Waals surface area contributed by atoms with Crippen molar-refractivity contribution in [2.24, 2.45) is 11.8 Å². The molecule has 2 aromatic rings. The molecule has 1 aromatic carbocycles. The second-order valence-electron chi connectivity index (χ2n) is 6.10. The van der Waals surface area contributed by atoms with Gasteiger partial charge in [-0.05, 0) is 62.0 Å². The Labute approximate surface area is 137 Å². The Morgan fingerprint density at radius 2 is 2.09 bits per heavy atom. The van der Waals surface area contributed by atoms with Gasteiger partial charge in [0.05, 0.1) is 0 Å². The van der Waals surface area contributed by atoms with Crippen molar-refractivity contribution in [3.63, 3.8) is 0 Å². The number of hydrogen-bond donors (Lipinski definition) is 3. The topological polar surface area (TPSA) is 56.9 Å². The summed E-state index contributed by atoms with van der Waals surface area (Å²) in [6, 6.07) is 7.98. The van der Waals surface area contributed by atoms with Gasteiger partial charge in [-0.15, -0.1) is 12.4 Å². The first kappa shape index (κ1) is 16.8. The first-order chi connectivity index (χ1) is 10.2. The van der Waals surface area contributed by atoms with Crippen LogP contribution < -0.4 is 10.6 Å². The van der Waals surface area contributed by atoms with Gasteiger partial charge in [0, 0.05) is 29.2 Å². The van der Waals surface area contributed by atoms with E-state index >= 15 is 0 Å². The standard InChI is InChI=1S/C17H23N3O.ClH/c1-12(13-4-7-18-8-5-13)10-17(21)20-15-2-3-16-14(11-15)6-9-19-16;/h2-3,6,9,11-13,18-19H,4-5,7-8,10H2,1H3,(H,20,21);1H. The molecule has 4 nitrogen and oxygen atoms in total. The lowest BCUT2D eigenvalue weighted by atomic mass is 9.84. The Morgan fingerprint density at radius 1 is 1.32 bits per heavy atom. The molecule has 0 spiro atoms. The Bertz CT molecular complexity index is 619. The lowest BCUT2D eigenvalue weighted by Crippen LogP contribution is -2.32. The number of amides is 1. The van der Waals surface area contributed by atoms with Crippen LogP contribution in [0.15, 0.2) is 30.5 Å². The van der Waals surface area contributed by atoms with E-state index in [-0.39, 0.29) is 18.3 Å². The van der Waals surface area contributed by atoms with Crippen molar-refractivity contribution in [2.45, 2.75) is 26.2 Å². The molecule has 1 unspecified atom stereocenters. The minimum Gasteiger partial charge on any atom is -0.361 e. The van der Waals surface area contributed by atoms with Gasteiger partial charge in [-0.3, -0.25) is 4.79 Å². The van der Waals surface area contributed by atoms with Crippen molar-refractivity contribution < 1.29 is 4.79 Å². The Morgan fingerprint density at radius 3 is 2.86 bits per heavy atom. The number of aromatic nitrogens is 1. The van der Waals surface area contributed by atoms with Crippen LogP contribution in [0.4, 0.5) is 5.69 Å². The number of fused-ring (bicyclic) bond motifs is 1. The molecule has 1 atom stereocenters. The number of aromatic amines is 1. The van der Waals surface area contributed by atoms with E-state index in [0.717, 1.165) is 29.7 Å². The summed E-state index contributed by atoms with van der Waals surface area (Å²) in [6.45, 7) is 4.37. The van der Waals surface area contributed by atoms with Crippen LogP contribution in [-0.2, 0) is 4.79 Å². The number of piperidine rings is 1. The maximum absolute atomic E-state index is 12.2. The molecule has 120 valence electrons. The fourth-order valence-electron chi connectivity index (χ4n) is 3.22. The van der Waals surface area contributed by atoms with Crippen molar-refractivity contribution >= 4 is 34.9 Å². The smallest absolute Gasteiger partial charge is 0.224 e. The summed E-state index contributed by atoms with van der Waals surface area (Å²) >= 11 is 0. The van der Waals surface area contributed by atoms with Crippen LogP contribution in [-0.4, -0.2) is 24.0 Å². The highest BCUT2D eigenvalue weighted by Crippen LogP contribution is 2.25. The number of benzene rings is 1. The lowest BCUT2D eigenvalue weighted by Gasteiger charge is -2.27. The van der Waals surface area contributed by atoms with Gasteiger partial charge in [0.2, 0.25) is 5.91 Å². The number of hydrogen-bond acceptors (Lipinski definition) is 2. The number of carbonyl (C=O) groups excluding carboxylic acids is 1. The van der Waals surface area contributed by atoms with E-state index in [0.29, 0.717) is 18.3 Å². The average Bonchev–Trinajstić information content (AvgIpc) is 2.95. The Balaban J connectivity index is 0.00000176. The molecule has 0 aliphatic carbocycles. The molecule has 1 aliphatic heterocycles. The molecule has 1 saturated heterocycles. The molecule has 5 heteroatoms. The molecule has 1 amide bonds. The molecule has 3 N–H and O–H groups in total. The molecule has 2 heterocycles. The van der Waals surface area contributed by atoms with E-state index in [2.05, 4.69) is 22.5 Å². The second kappa shape index (κ2) is 7.65. The molecule has 1 aliphatic rings. The maximum atomic E-state index is 12.2. The van der Waals surface area contributed by atoms with Gasteiger partial charge in [0.15, 0.2) is 0 Å². The summed E-state index contributed by atoms with van der Waals surface area (Å²) in [7, 11) is 0. The van der Waals surface area contributed by atoms with Crippen LogP contribution in [0.2, 0.25) is 0 Å². The summed E-state index contributed by atoms with van der Waals surface area (Å²) in [5.74, 6) is 1.24. The van der Waals surface area contributed by atoms with Gasteiger partial charge in [0.1, 0.15) is 0 Å². The number of rotatable bonds is 4. The zero-order chi connectivity index (χ0) is 14.7. The number of halogens is 1. The van der Waals surface area contributed by atoms with Gasteiger partial charge in [0.25, 0.3) is 0 Å². The van der Waals surface area contributed by atoms with Gasteiger partial charge in [-0.25, -0.2) is 0 Å². The minimum atomic E-state index is 0. The van der Waals surface area contributed by atoms with Crippen molar-refractivity contribution in [2.75, 3.05) is 18.4 Å². The quantitative estimate of drug-likeness (QED) is 0.806. The summed E-state index contributed by atoms with van der Waals surface area (Å²) in [4.78, 5) is 15.4. The molecule has 0 radical (unpaired) electrons. The SMILES string of the molecule is CC(CC(=O)Nc1ccc2[nH]ccc2c1)C1CCNCC1.Cl. The van der Waals surface area contributed by atoms with E-state index in [1.165, 1.54) is 12.8 Å². The highest BCUT2D eigenvalue weighted by Gasteiger charge is 2.22. The third kappa shape index (κ3) is 4.02. The first-order valence-corrected chi connectivity index (χ1v) is 7.80. The highest BCUT2D eigenvalue weighted by molar-refractivity contribution is 5.93. The van der Waals surface area contributed by atoms with E-state index in [1.807, 2.05) is 30.5 Å². The summed E-state index contributed by atoms with van der Waals surface area (Å²) in [6.07, 6.45) is 4.89. The summed E-state index contributed by atoms with van der Waals surface area (Å²) in [5, 5.41) is 7.52. The predicted octanol–water partition coefficient (Wildman–Crippen LogP) is 3.55. The number of H-pyrrole nitrogens is 1. The molecular formula is C17H24ClN3O. The zero-order valence-corrected chi connectivity index (χ0v) is 13.7. The van der Waals surface area contributed by atoms with Crippen LogP contribution >= 0.6 is 12.4 Å². The van der Waals surface area contributed by atoms with Gasteiger partial charge in [-0.1, -0.05) is 6.92 Å². The third-order valence-corrected chi connectivity index (χ3v) is 4.53.